The maximum atomic E-state index is 13.3. The van der Waals surface area contributed by atoms with E-state index in [1.54, 1.807) is 30.1 Å². The summed E-state index contributed by atoms with van der Waals surface area (Å²) in [6.45, 7) is 2.21. The zero-order valence-corrected chi connectivity index (χ0v) is 19.6. The van der Waals surface area contributed by atoms with Crippen LogP contribution in [0.15, 0.2) is 48.5 Å². The zero-order valence-electron chi connectivity index (χ0n) is 19.6. The van der Waals surface area contributed by atoms with E-state index in [9.17, 15) is 14.4 Å². The number of fused-ring (bicyclic) bond motifs is 2. The highest BCUT2D eigenvalue weighted by Gasteiger charge is 2.39. The maximum Gasteiger partial charge on any atom is 0.257 e. The summed E-state index contributed by atoms with van der Waals surface area (Å²) in [4.78, 5) is 39.4. The number of nitrogens with one attached hydrogen (secondary N) is 2. The molecule has 0 spiro atoms. The third-order valence-corrected chi connectivity index (χ3v) is 6.24. The highest BCUT2D eigenvalue weighted by Crippen LogP contribution is 2.32. The first-order chi connectivity index (χ1) is 16.4. The second-order valence-electron chi connectivity index (χ2n) is 8.80. The van der Waals surface area contributed by atoms with Gasteiger partial charge in [-0.1, -0.05) is 25.1 Å². The Labute approximate surface area is 199 Å². The fourth-order valence-corrected chi connectivity index (χ4v) is 4.50. The van der Waals surface area contributed by atoms with Crippen molar-refractivity contribution in [2.75, 3.05) is 24.3 Å². The summed E-state index contributed by atoms with van der Waals surface area (Å²) in [6, 6.07) is 14.3. The molecule has 0 aliphatic carbocycles. The van der Waals surface area contributed by atoms with Gasteiger partial charge in [-0.05, 0) is 49.6 Å². The summed E-state index contributed by atoms with van der Waals surface area (Å²) < 4.78 is 12.2. The molecule has 0 radical (unpaired) electrons. The van der Waals surface area contributed by atoms with Crippen molar-refractivity contribution in [2.24, 2.45) is 0 Å². The SMILES string of the molecule is CCCC(=O)Nc1ccc2c(c1)C(=O)N(C)[C@@H]1CC[C@H](CC(=O)Nc3ccccc3)O[C@H]1CO2. The van der Waals surface area contributed by atoms with E-state index in [-0.39, 0.29) is 49.0 Å². The van der Waals surface area contributed by atoms with Crippen molar-refractivity contribution in [3.05, 3.63) is 54.1 Å². The van der Waals surface area contributed by atoms with Gasteiger partial charge in [0, 0.05) is 24.8 Å². The maximum absolute atomic E-state index is 13.3. The molecule has 2 N–H and O–H groups in total. The average molecular weight is 466 g/mol. The normalized spacial score (nSPS) is 21.9. The lowest BCUT2D eigenvalue weighted by atomic mass is 9.94. The summed E-state index contributed by atoms with van der Waals surface area (Å²) >= 11 is 0. The molecule has 2 aromatic carbocycles. The van der Waals surface area contributed by atoms with Crippen LogP contribution in [0.3, 0.4) is 0 Å². The fraction of sp³-hybridized carbons (Fsp3) is 0.423. The van der Waals surface area contributed by atoms with Gasteiger partial charge < -0.3 is 25.0 Å². The molecule has 2 aliphatic heterocycles. The average Bonchev–Trinajstić information content (AvgIpc) is 2.82. The Morgan fingerprint density at radius 2 is 1.79 bits per heavy atom. The number of para-hydroxylation sites is 1. The van der Waals surface area contributed by atoms with Gasteiger partial charge in [0.2, 0.25) is 11.8 Å². The summed E-state index contributed by atoms with van der Waals surface area (Å²) in [6.07, 6.45) is 2.21. The number of rotatable bonds is 6. The molecule has 8 nitrogen and oxygen atoms in total. The molecule has 1 saturated heterocycles. The molecule has 0 saturated carbocycles. The van der Waals surface area contributed by atoms with E-state index in [1.165, 1.54) is 0 Å². The van der Waals surface area contributed by atoms with Crippen LogP contribution in [-0.2, 0) is 14.3 Å². The smallest absolute Gasteiger partial charge is 0.257 e. The van der Waals surface area contributed by atoms with Crippen LogP contribution in [0.25, 0.3) is 0 Å². The number of anilines is 2. The molecule has 0 aromatic heterocycles. The molecular formula is C26H31N3O5. The Bertz CT molecular complexity index is 1040. The van der Waals surface area contributed by atoms with E-state index in [1.807, 2.05) is 37.3 Å². The van der Waals surface area contributed by atoms with Crippen LogP contribution in [-0.4, -0.2) is 54.5 Å². The van der Waals surface area contributed by atoms with Gasteiger partial charge in [0.05, 0.1) is 24.1 Å². The molecule has 2 aliphatic rings. The quantitative estimate of drug-likeness (QED) is 0.676. The van der Waals surface area contributed by atoms with E-state index in [0.717, 1.165) is 12.1 Å². The van der Waals surface area contributed by atoms with Gasteiger partial charge in [0.1, 0.15) is 18.5 Å². The number of hydrogen-bond donors (Lipinski definition) is 2. The van der Waals surface area contributed by atoms with Gasteiger partial charge in [-0.3, -0.25) is 14.4 Å². The molecule has 8 heteroatoms. The first kappa shape index (κ1) is 23.8. The predicted molar refractivity (Wildman–Crippen MR) is 129 cm³/mol. The van der Waals surface area contributed by atoms with Crippen molar-refractivity contribution < 1.29 is 23.9 Å². The molecule has 34 heavy (non-hydrogen) atoms. The van der Waals surface area contributed by atoms with Crippen molar-refractivity contribution in [1.82, 2.24) is 4.90 Å². The lowest BCUT2D eigenvalue weighted by Gasteiger charge is -2.42. The minimum Gasteiger partial charge on any atom is -0.490 e. The number of carbonyl (C=O) groups excluding carboxylic acids is 3. The van der Waals surface area contributed by atoms with Crippen LogP contribution >= 0.6 is 0 Å². The van der Waals surface area contributed by atoms with Crippen LogP contribution in [0.2, 0.25) is 0 Å². The monoisotopic (exact) mass is 465 g/mol. The summed E-state index contributed by atoms with van der Waals surface area (Å²) in [5.41, 5.74) is 1.74. The number of benzene rings is 2. The van der Waals surface area contributed by atoms with Crippen LogP contribution < -0.4 is 15.4 Å². The van der Waals surface area contributed by atoms with Crippen molar-refractivity contribution in [3.8, 4) is 5.75 Å². The van der Waals surface area contributed by atoms with Crippen molar-refractivity contribution >= 4 is 29.1 Å². The van der Waals surface area contributed by atoms with Crippen LogP contribution in [0, 0.1) is 0 Å². The van der Waals surface area contributed by atoms with Gasteiger partial charge >= 0.3 is 0 Å². The second kappa shape index (κ2) is 10.7. The molecule has 1 fully saturated rings. The third-order valence-electron chi connectivity index (χ3n) is 6.24. The highest BCUT2D eigenvalue weighted by atomic mass is 16.5. The second-order valence-corrected chi connectivity index (χ2v) is 8.80. The molecule has 2 heterocycles. The number of likely N-dealkylation sites (N-methyl/N-ethyl adjacent to an activating group) is 1. The van der Waals surface area contributed by atoms with Crippen molar-refractivity contribution in [1.29, 1.82) is 0 Å². The number of ether oxygens (including phenoxy) is 2. The first-order valence-electron chi connectivity index (χ1n) is 11.8. The van der Waals surface area contributed by atoms with Crippen molar-refractivity contribution in [2.45, 2.75) is 57.3 Å². The molecule has 3 atom stereocenters. The van der Waals surface area contributed by atoms with Gasteiger partial charge in [-0.2, -0.15) is 0 Å². The number of carbonyl (C=O) groups is 3. The summed E-state index contributed by atoms with van der Waals surface area (Å²) in [7, 11) is 1.77. The number of hydrogen-bond acceptors (Lipinski definition) is 5. The van der Waals surface area contributed by atoms with Crippen molar-refractivity contribution in [3.63, 3.8) is 0 Å². The van der Waals surface area contributed by atoms with E-state index in [4.69, 9.17) is 9.47 Å². The van der Waals surface area contributed by atoms with Crippen LogP contribution in [0.4, 0.5) is 11.4 Å². The molecule has 0 bridgehead atoms. The Morgan fingerprint density at radius 1 is 1.03 bits per heavy atom. The van der Waals surface area contributed by atoms with E-state index in [0.29, 0.717) is 36.3 Å². The van der Waals surface area contributed by atoms with Gasteiger partial charge in [0.25, 0.3) is 5.91 Å². The van der Waals surface area contributed by atoms with Gasteiger partial charge in [-0.25, -0.2) is 0 Å². The van der Waals surface area contributed by atoms with E-state index >= 15 is 0 Å². The topological polar surface area (TPSA) is 97.0 Å². The van der Waals surface area contributed by atoms with Crippen LogP contribution in [0.1, 0.15) is 49.4 Å². The molecule has 0 unspecified atom stereocenters. The third kappa shape index (κ3) is 5.56. The summed E-state index contributed by atoms with van der Waals surface area (Å²) in [5.74, 6) is 0.0865. The fourth-order valence-electron chi connectivity index (χ4n) is 4.50. The van der Waals surface area contributed by atoms with Gasteiger partial charge in [-0.15, -0.1) is 0 Å². The van der Waals surface area contributed by atoms with E-state index < -0.39 is 0 Å². The molecule has 4 rings (SSSR count). The standard InChI is InChI=1S/C26H31N3O5/c1-3-7-24(30)28-18-10-13-22-20(14-18)26(32)29(2)21-12-11-19(34-23(21)16-33-22)15-25(31)27-17-8-5-4-6-9-17/h4-6,8-10,13-14,19,21,23H,3,7,11-12,15-16H2,1-2H3,(H,27,31)(H,28,30)/t19-,21-,23+/m1/s1. The van der Waals surface area contributed by atoms with Crippen LogP contribution in [0.5, 0.6) is 5.75 Å². The number of nitrogens with zero attached hydrogens (tertiary/aromatic N) is 1. The Kier molecular flexibility index (Phi) is 7.47. The zero-order chi connectivity index (χ0) is 24.1. The molecule has 3 amide bonds. The highest BCUT2D eigenvalue weighted by molar-refractivity contribution is 5.99. The Balaban J connectivity index is 1.42. The first-order valence-corrected chi connectivity index (χ1v) is 11.8. The lowest BCUT2D eigenvalue weighted by molar-refractivity contribution is -0.130. The predicted octanol–water partition coefficient (Wildman–Crippen LogP) is 3.83. The number of amides is 3. The molecular weight excluding hydrogens is 434 g/mol. The van der Waals surface area contributed by atoms with Gasteiger partial charge in [0.15, 0.2) is 0 Å². The largest absolute Gasteiger partial charge is 0.490 e. The van der Waals surface area contributed by atoms with E-state index in [2.05, 4.69) is 10.6 Å². The summed E-state index contributed by atoms with van der Waals surface area (Å²) in [5, 5.41) is 5.73. The Morgan fingerprint density at radius 3 is 2.56 bits per heavy atom. The molecule has 180 valence electrons. The minimum atomic E-state index is -0.339. The Hall–Kier alpha value is -3.39. The lowest BCUT2D eigenvalue weighted by Crippen LogP contribution is -2.53. The minimum absolute atomic E-state index is 0.0851. The molecule has 2 aromatic rings.